The zero-order valence-corrected chi connectivity index (χ0v) is 11.1. The van der Waals surface area contributed by atoms with Crippen molar-refractivity contribution in [3.8, 4) is 6.07 Å². The molecular formula is C14H20N4. The molecular weight excluding hydrogens is 224 g/mol. The number of anilines is 1. The Balaban J connectivity index is 2.25. The Labute approximate surface area is 109 Å². The van der Waals surface area contributed by atoms with Crippen LogP contribution in [0, 0.1) is 18.3 Å². The van der Waals surface area contributed by atoms with Crippen LogP contribution in [0.2, 0.25) is 0 Å². The van der Waals surface area contributed by atoms with E-state index in [9.17, 15) is 0 Å². The van der Waals surface area contributed by atoms with Crippen LogP contribution in [0.3, 0.4) is 0 Å². The van der Waals surface area contributed by atoms with Gasteiger partial charge in [0.2, 0.25) is 0 Å². The van der Waals surface area contributed by atoms with Crippen LogP contribution in [0.1, 0.15) is 31.0 Å². The molecule has 0 bridgehead atoms. The molecule has 0 saturated carbocycles. The molecule has 0 aromatic carbocycles. The van der Waals surface area contributed by atoms with E-state index in [1.807, 2.05) is 19.1 Å². The van der Waals surface area contributed by atoms with Crippen LogP contribution in [-0.4, -0.2) is 30.7 Å². The molecule has 4 heteroatoms. The maximum atomic E-state index is 8.95. The lowest BCUT2D eigenvalue weighted by molar-refractivity contribution is 0.617. The largest absolute Gasteiger partial charge is 0.352 e. The smallest absolute Gasteiger partial charge is 0.129 e. The van der Waals surface area contributed by atoms with Gasteiger partial charge in [-0.3, -0.25) is 0 Å². The summed E-state index contributed by atoms with van der Waals surface area (Å²) in [5, 5.41) is 12.3. The second-order valence-electron chi connectivity index (χ2n) is 4.75. The first-order valence-corrected chi connectivity index (χ1v) is 6.61. The summed E-state index contributed by atoms with van der Waals surface area (Å²) in [7, 11) is 0. The zero-order valence-electron chi connectivity index (χ0n) is 11.1. The Hall–Kier alpha value is -1.60. The molecule has 1 atom stereocenters. The van der Waals surface area contributed by atoms with Gasteiger partial charge in [-0.15, -0.1) is 0 Å². The van der Waals surface area contributed by atoms with E-state index in [0.29, 0.717) is 11.6 Å². The average molecular weight is 244 g/mol. The molecule has 1 saturated heterocycles. The molecule has 1 aliphatic rings. The minimum atomic E-state index is 0.532. The van der Waals surface area contributed by atoms with E-state index in [1.54, 1.807) is 0 Å². The molecule has 2 heterocycles. The Bertz CT molecular complexity index is 444. The van der Waals surface area contributed by atoms with Gasteiger partial charge in [-0.25, -0.2) is 4.98 Å². The highest BCUT2D eigenvalue weighted by Gasteiger charge is 2.23. The lowest BCUT2D eigenvalue weighted by Crippen LogP contribution is -2.38. The number of nitriles is 1. The van der Waals surface area contributed by atoms with Crippen LogP contribution in [0.15, 0.2) is 12.1 Å². The van der Waals surface area contributed by atoms with Crippen LogP contribution >= 0.6 is 0 Å². The number of hydrogen-bond acceptors (Lipinski definition) is 4. The number of aromatic nitrogens is 1. The minimum absolute atomic E-state index is 0.532. The first kappa shape index (κ1) is 12.8. The third-order valence-electron chi connectivity index (χ3n) is 3.43. The number of pyridine rings is 1. The lowest BCUT2D eigenvalue weighted by atomic mass is 10.2. The summed E-state index contributed by atoms with van der Waals surface area (Å²) in [4.78, 5) is 6.95. The average Bonchev–Trinajstić information content (AvgIpc) is 2.89. The first-order valence-electron chi connectivity index (χ1n) is 6.61. The molecule has 1 fully saturated rings. The molecule has 0 amide bonds. The molecule has 1 aromatic rings. The normalized spacial score (nSPS) is 18.6. The summed E-state index contributed by atoms with van der Waals surface area (Å²) in [6, 6.07) is 6.55. The van der Waals surface area contributed by atoms with Crippen LogP contribution in [0.4, 0.5) is 5.82 Å². The van der Waals surface area contributed by atoms with E-state index >= 15 is 0 Å². The van der Waals surface area contributed by atoms with E-state index < -0.39 is 0 Å². The number of nitrogens with one attached hydrogen (secondary N) is 1. The van der Waals surface area contributed by atoms with E-state index in [4.69, 9.17) is 5.26 Å². The van der Waals surface area contributed by atoms with Gasteiger partial charge in [0.1, 0.15) is 11.9 Å². The molecule has 1 N–H and O–H groups in total. The fourth-order valence-corrected chi connectivity index (χ4v) is 2.46. The molecule has 0 aliphatic carbocycles. The molecule has 0 radical (unpaired) electrons. The predicted molar refractivity (Wildman–Crippen MR) is 72.6 cm³/mol. The van der Waals surface area contributed by atoms with Crippen molar-refractivity contribution in [2.75, 3.05) is 24.5 Å². The van der Waals surface area contributed by atoms with E-state index in [2.05, 4.69) is 28.2 Å². The topological polar surface area (TPSA) is 52.0 Å². The minimum Gasteiger partial charge on any atom is -0.352 e. The van der Waals surface area contributed by atoms with Crippen molar-refractivity contribution >= 4 is 5.82 Å². The van der Waals surface area contributed by atoms with Crippen molar-refractivity contribution in [2.24, 2.45) is 0 Å². The number of hydrogen-bond donors (Lipinski definition) is 1. The Morgan fingerprint density at radius 1 is 1.56 bits per heavy atom. The van der Waals surface area contributed by atoms with Gasteiger partial charge in [-0.2, -0.15) is 5.26 Å². The zero-order chi connectivity index (χ0) is 13.0. The van der Waals surface area contributed by atoms with Gasteiger partial charge >= 0.3 is 0 Å². The third kappa shape index (κ3) is 2.62. The van der Waals surface area contributed by atoms with Gasteiger partial charge in [0.25, 0.3) is 0 Å². The van der Waals surface area contributed by atoms with Crippen molar-refractivity contribution in [3.05, 3.63) is 23.4 Å². The SMILES string of the molecule is CCCN(c1ccc(C#N)c(C)n1)C1CCNC1. The van der Waals surface area contributed by atoms with Crippen molar-refractivity contribution in [1.29, 1.82) is 5.26 Å². The van der Waals surface area contributed by atoms with Crippen LogP contribution in [0.25, 0.3) is 0 Å². The lowest BCUT2D eigenvalue weighted by Gasteiger charge is -2.29. The van der Waals surface area contributed by atoms with Crippen LogP contribution < -0.4 is 10.2 Å². The predicted octanol–water partition coefficient (Wildman–Crippen LogP) is 1.84. The fourth-order valence-electron chi connectivity index (χ4n) is 2.46. The molecule has 4 nitrogen and oxygen atoms in total. The van der Waals surface area contributed by atoms with E-state index in [1.165, 1.54) is 6.42 Å². The van der Waals surface area contributed by atoms with Gasteiger partial charge in [-0.05, 0) is 38.4 Å². The standard InChI is InChI=1S/C14H20N4/c1-3-8-18(13-6-7-16-10-13)14-5-4-12(9-15)11(2)17-14/h4-5,13,16H,3,6-8,10H2,1-2H3. The summed E-state index contributed by atoms with van der Waals surface area (Å²) < 4.78 is 0. The molecule has 96 valence electrons. The van der Waals surface area contributed by atoms with Crippen molar-refractivity contribution in [2.45, 2.75) is 32.7 Å². The molecule has 1 aliphatic heterocycles. The molecule has 1 unspecified atom stereocenters. The third-order valence-corrected chi connectivity index (χ3v) is 3.43. The van der Waals surface area contributed by atoms with Crippen molar-refractivity contribution in [1.82, 2.24) is 10.3 Å². The highest BCUT2D eigenvalue weighted by Crippen LogP contribution is 2.20. The molecule has 1 aromatic heterocycles. The van der Waals surface area contributed by atoms with Gasteiger partial charge in [0.15, 0.2) is 0 Å². The summed E-state index contributed by atoms with van der Waals surface area (Å²) in [6.45, 7) is 7.22. The number of nitrogens with zero attached hydrogens (tertiary/aromatic N) is 3. The summed E-state index contributed by atoms with van der Waals surface area (Å²) in [6.07, 6.45) is 2.28. The van der Waals surface area contributed by atoms with E-state index in [0.717, 1.165) is 37.6 Å². The highest BCUT2D eigenvalue weighted by molar-refractivity contribution is 5.46. The van der Waals surface area contributed by atoms with Gasteiger partial charge < -0.3 is 10.2 Å². The van der Waals surface area contributed by atoms with Gasteiger partial charge in [0, 0.05) is 19.1 Å². The second kappa shape index (κ2) is 5.83. The van der Waals surface area contributed by atoms with Crippen molar-refractivity contribution in [3.63, 3.8) is 0 Å². The first-order chi connectivity index (χ1) is 8.76. The van der Waals surface area contributed by atoms with E-state index in [-0.39, 0.29) is 0 Å². The summed E-state index contributed by atoms with van der Waals surface area (Å²) >= 11 is 0. The van der Waals surface area contributed by atoms with Gasteiger partial charge in [-0.1, -0.05) is 6.92 Å². The van der Waals surface area contributed by atoms with Crippen LogP contribution in [0.5, 0.6) is 0 Å². The van der Waals surface area contributed by atoms with Crippen molar-refractivity contribution < 1.29 is 0 Å². The monoisotopic (exact) mass is 244 g/mol. The molecule has 2 rings (SSSR count). The number of rotatable bonds is 4. The Kier molecular flexibility index (Phi) is 4.16. The van der Waals surface area contributed by atoms with Crippen LogP contribution in [-0.2, 0) is 0 Å². The number of aryl methyl sites for hydroxylation is 1. The van der Waals surface area contributed by atoms with Gasteiger partial charge in [0.05, 0.1) is 11.3 Å². The Morgan fingerprint density at radius 2 is 2.39 bits per heavy atom. The summed E-state index contributed by atoms with van der Waals surface area (Å²) in [5.41, 5.74) is 1.49. The molecule has 18 heavy (non-hydrogen) atoms. The maximum Gasteiger partial charge on any atom is 0.129 e. The quantitative estimate of drug-likeness (QED) is 0.878. The second-order valence-corrected chi connectivity index (χ2v) is 4.75. The molecule has 0 spiro atoms. The summed E-state index contributed by atoms with van der Waals surface area (Å²) in [5.74, 6) is 1.00. The maximum absolute atomic E-state index is 8.95. The Morgan fingerprint density at radius 3 is 2.94 bits per heavy atom. The fraction of sp³-hybridized carbons (Fsp3) is 0.571. The highest BCUT2D eigenvalue weighted by atomic mass is 15.2.